The molecule has 1 aromatic rings. The van der Waals surface area contributed by atoms with E-state index in [4.69, 9.17) is 9.15 Å². The molecule has 6 nitrogen and oxygen atoms in total. The highest BCUT2D eigenvalue weighted by molar-refractivity contribution is 5.97. The summed E-state index contributed by atoms with van der Waals surface area (Å²) in [6, 6.07) is 0.988. The van der Waals surface area contributed by atoms with Gasteiger partial charge in [-0.1, -0.05) is 0 Å². The minimum atomic E-state index is -0.566. The summed E-state index contributed by atoms with van der Waals surface area (Å²) in [6.45, 7) is 4.72. The number of carbonyl (C=O) groups is 2. The summed E-state index contributed by atoms with van der Waals surface area (Å²) < 4.78 is 10.1. The first-order valence-corrected chi connectivity index (χ1v) is 6.12. The van der Waals surface area contributed by atoms with Gasteiger partial charge in [0.05, 0.1) is 30.5 Å². The van der Waals surface area contributed by atoms with Gasteiger partial charge in [-0.2, -0.15) is 0 Å². The maximum atomic E-state index is 12.1. The largest absolute Gasteiger partial charge is 0.472 e. The second kappa shape index (κ2) is 5.05. The molecule has 1 saturated heterocycles. The van der Waals surface area contributed by atoms with Crippen molar-refractivity contribution in [2.24, 2.45) is 0 Å². The Hall–Kier alpha value is -1.82. The minimum absolute atomic E-state index is 0.105. The van der Waals surface area contributed by atoms with E-state index < -0.39 is 6.04 Å². The van der Waals surface area contributed by atoms with E-state index in [9.17, 15) is 9.59 Å². The van der Waals surface area contributed by atoms with Gasteiger partial charge in [-0.25, -0.2) is 0 Å². The molecule has 0 unspecified atom stereocenters. The van der Waals surface area contributed by atoms with Gasteiger partial charge in [0.1, 0.15) is 12.3 Å². The van der Waals surface area contributed by atoms with Gasteiger partial charge in [0.2, 0.25) is 5.91 Å². The number of nitrogens with zero attached hydrogens (tertiary/aromatic N) is 1. The van der Waals surface area contributed by atoms with Crippen LogP contribution in [0.25, 0.3) is 0 Å². The van der Waals surface area contributed by atoms with Crippen molar-refractivity contribution in [2.45, 2.75) is 25.5 Å². The zero-order chi connectivity index (χ0) is 14.0. The number of carbonyl (C=O) groups excluding carboxylic acids is 2. The summed E-state index contributed by atoms with van der Waals surface area (Å²) in [6.07, 6.45) is 2.76. The lowest BCUT2D eigenvalue weighted by Gasteiger charge is -2.47. The lowest BCUT2D eigenvalue weighted by Crippen LogP contribution is -2.65. The zero-order valence-electron chi connectivity index (χ0n) is 11.3. The van der Waals surface area contributed by atoms with Crippen LogP contribution in [-0.2, 0) is 9.53 Å². The molecule has 1 aromatic heterocycles. The molecule has 6 heteroatoms. The van der Waals surface area contributed by atoms with E-state index in [1.165, 1.54) is 12.5 Å². The third-order valence-corrected chi connectivity index (χ3v) is 3.36. The van der Waals surface area contributed by atoms with E-state index >= 15 is 0 Å². The maximum absolute atomic E-state index is 12.1. The molecule has 1 aliphatic heterocycles. The van der Waals surface area contributed by atoms with Crippen LogP contribution in [0.5, 0.6) is 0 Å². The van der Waals surface area contributed by atoms with Gasteiger partial charge in [0.15, 0.2) is 0 Å². The maximum Gasteiger partial charge on any atom is 0.255 e. The normalized spacial score (nSPS) is 18.6. The number of hydrogen-bond donors (Lipinski definition) is 1. The Labute approximate surface area is 111 Å². The number of methoxy groups -OCH3 is 1. The number of ether oxygens (including phenoxy) is 1. The Morgan fingerprint density at radius 2 is 2.21 bits per heavy atom. The molecule has 2 rings (SSSR count). The number of nitrogens with one attached hydrogen (secondary N) is 1. The fourth-order valence-corrected chi connectivity index (χ4v) is 2.06. The predicted octanol–water partition coefficient (Wildman–Crippen LogP) is 0.645. The third-order valence-electron chi connectivity index (χ3n) is 3.36. The summed E-state index contributed by atoms with van der Waals surface area (Å²) >= 11 is 0. The number of amides is 2. The van der Waals surface area contributed by atoms with Crippen LogP contribution in [0.1, 0.15) is 24.2 Å². The topological polar surface area (TPSA) is 71.8 Å². The molecule has 0 radical (unpaired) electrons. The standard InChI is InChI=1S/C13H18N2O4/c1-9(14-11(16)10-4-5-19-6-10)12(17)15-7-13(2,8-15)18-3/h4-6,9H,7-8H2,1-3H3,(H,14,16)/t9-/m0/s1. The molecule has 0 aromatic carbocycles. The van der Waals surface area contributed by atoms with Crippen LogP contribution in [0.3, 0.4) is 0 Å². The monoisotopic (exact) mass is 266 g/mol. The molecule has 1 aliphatic rings. The van der Waals surface area contributed by atoms with Crippen LogP contribution in [0, 0.1) is 0 Å². The first-order chi connectivity index (χ1) is 8.95. The van der Waals surface area contributed by atoms with E-state index in [-0.39, 0.29) is 17.4 Å². The van der Waals surface area contributed by atoms with Crippen molar-refractivity contribution >= 4 is 11.8 Å². The molecule has 19 heavy (non-hydrogen) atoms. The second-order valence-electron chi connectivity index (χ2n) is 5.06. The molecule has 0 aliphatic carbocycles. The first-order valence-electron chi connectivity index (χ1n) is 6.12. The number of likely N-dealkylation sites (tertiary alicyclic amines) is 1. The van der Waals surface area contributed by atoms with Gasteiger partial charge in [-0.05, 0) is 19.9 Å². The summed E-state index contributed by atoms with van der Waals surface area (Å²) in [5.41, 5.74) is 0.147. The van der Waals surface area contributed by atoms with Crippen LogP contribution in [0.15, 0.2) is 23.0 Å². The van der Waals surface area contributed by atoms with Crippen molar-refractivity contribution in [3.8, 4) is 0 Å². The first kappa shape index (κ1) is 13.6. The Bertz CT molecular complexity index is 463. The summed E-state index contributed by atoms with van der Waals surface area (Å²) in [5.74, 6) is -0.420. The Balaban J connectivity index is 1.86. The Morgan fingerprint density at radius 1 is 1.53 bits per heavy atom. The van der Waals surface area contributed by atoms with Crippen LogP contribution in [-0.4, -0.2) is 48.6 Å². The van der Waals surface area contributed by atoms with Gasteiger partial charge < -0.3 is 19.4 Å². The molecule has 0 saturated carbocycles. The van der Waals surface area contributed by atoms with Crippen molar-refractivity contribution in [1.29, 1.82) is 0 Å². The summed E-state index contributed by atoms with van der Waals surface area (Å²) in [4.78, 5) is 25.5. The Kier molecular flexibility index (Phi) is 3.61. The third kappa shape index (κ3) is 2.78. The van der Waals surface area contributed by atoms with Gasteiger partial charge >= 0.3 is 0 Å². The quantitative estimate of drug-likeness (QED) is 0.868. The van der Waals surface area contributed by atoms with Crippen LogP contribution in [0.2, 0.25) is 0 Å². The predicted molar refractivity (Wildman–Crippen MR) is 67.6 cm³/mol. The molecule has 104 valence electrons. The molecule has 1 N–H and O–H groups in total. The van der Waals surface area contributed by atoms with Gasteiger partial charge in [-0.3, -0.25) is 9.59 Å². The van der Waals surface area contributed by atoms with Crippen molar-refractivity contribution in [1.82, 2.24) is 10.2 Å². The average molecular weight is 266 g/mol. The molecule has 2 heterocycles. The summed E-state index contributed by atoms with van der Waals surface area (Å²) in [7, 11) is 1.63. The highest BCUT2D eigenvalue weighted by atomic mass is 16.5. The van der Waals surface area contributed by atoms with Crippen LogP contribution < -0.4 is 5.32 Å². The molecule has 2 amide bonds. The van der Waals surface area contributed by atoms with E-state index in [0.717, 1.165) is 0 Å². The van der Waals surface area contributed by atoms with Crippen molar-refractivity contribution in [3.63, 3.8) is 0 Å². The zero-order valence-corrected chi connectivity index (χ0v) is 11.3. The lowest BCUT2D eigenvalue weighted by atomic mass is 9.95. The average Bonchev–Trinajstić information content (AvgIpc) is 2.87. The van der Waals surface area contributed by atoms with E-state index in [1.54, 1.807) is 25.0 Å². The molecule has 0 bridgehead atoms. The highest BCUT2D eigenvalue weighted by Crippen LogP contribution is 2.24. The van der Waals surface area contributed by atoms with Crippen molar-refractivity contribution in [3.05, 3.63) is 24.2 Å². The van der Waals surface area contributed by atoms with E-state index in [2.05, 4.69) is 5.32 Å². The molecule has 0 spiro atoms. The minimum Gasteiger partial charge on any atom is -0.472 e. The second-order valence-corrected chi connectivity index (χ2v) is 5.06. The SMILES string of the molecule is COC1(C)CN(C(=O)[C@H](C)NC(=O)c2ccoc2)C1. The van der Waals surface area contributed by atoms with Crippen molar-refractivity contribution in [2.75, 3.05) is 20.2 Å². The summed E-state index contributed by atoms with van der Waals surface area (Å²) in [5, 5.41) is 2.65. The molecule has 1 atom stereocenters. The van der Waals surface area contributed by atoms with E-state index in [0.29, 0.717) is 18.7 Å². The smallest absolute Gasteiger partial charge is 0.255 e. The number of rotatable bonds is 4. The fourth-order valence-electron chi connectivity index (χ4n) is 2.06. The van der Waals surface area contributed by atoms with Crippen LogP contribution in [0.4, 0.5) is 0 Å². The molecular formula is C13H18N2O4. The number of hydrogen-bond acceptors (Lipinski definition) is 4. The van der Waals surface area contributed by atoms with Gasteiger partial charge in [0, 0.05) is 7.11 Å². The molecular weight excluding hydrogens is 248 g/mol. The fraction of sp³-hybridized carbons (Fsp3) is 0.538. The molecule has 1 fully saturated rings. The Morgan fingerprint density at radius 3 is 2.74 bits per heavy atom. The lowest BCUT2D eigenvalue weighted by molar-refractivity contribution is -0.159. The van der Waals surface area contributed by atoms with Crippen LogP contribution >= 0.6 is 0 Å². The highest BCUT2D eigenvalue weighted by Gasteiger charge is 2.42. The van der Waals surface area contributed by atoms with Crippen molar-refractivity contribution < 1.29 is 18.7 Å². The number of furan rings is 1. The van der Waals surface area contributed by atoms with Gasteiger partial charge in [-0.15, -0.1) is 0 Å². The van der Waals surface area contributed by atoms with E-state index in [1.807, 2.05) is 6.92 Å². The van der Waals surface area contributed by atoms with Gasteiger partial charge in [0.25, 0.3) is 5.91 Å².